The third kappa shape index (κ3) is 6.59. The van der Waals surface area contributed by atoms with Gasteiger partial charge in [-0.15, -0.1) is 11.8 Å². The Kier molecular flexibility index (Phi) is 8.41. The highest BCUT2D eigenvalue weighted by Crippen LogP contribution is 2.31. The Morgan fingerprint density at radius 2 is 1.87 bits per heavy atom. The number of rotatable bonds is 9. The third-order valence-electron chi connectivity index (χ3n) is 4.40. The molecular formula is C22H27N3O4S. The van der Waals surface area contributed by atoms with E-state index in [4.69, 9.17) is 0 Å². The fraction of sp³-hybridized carbons (Fsp3) is 0.364. The number of hydrogen-bond donors (Lipinski definition) is 1. The van der Waals surface area contributed by atoms with E-state index in [0.717, 1.165) is 17.7 Å². The highest BCUT2D eigenvalue weighted by molar-refractivity contribution is 7.99. The Hall–Kier alpha value is -2.87. The number of nitro groups is 1. The summed E-state index contributed by atoms with van der Waals surface area (Å²) in [5.41, 5.74) is 1.47. The summed E-state index contributed by atoms with van der Waals surface area (Å²) < 4.78 is 0. The predicted molar refractivity (Wildman–Crippen MR) is 119 cm³/mol. The molecule has 2 aromatic rings. The Morgan fingerprint density at radius 3 is 2.50 bits per heavy atom. The van der Waals surface area contributed by atoms with Crippen LogP contribution in [0.5, 0.6) is 0 Å². The average Bonchev–Trinajstić information content (AvgIpc) is 2.71. The minimum absolute atomic E-state index is 0.0602. The lowest BCUT2D eigenvalue weighted by molar-refractivity contribution is -0.387. The summed E-state index contributed by atoms with van der Waals surface area (Å²) in [6.45, 7) is 4.43. The second kappa shape index (κ2) is 10.8. The van der Waals surface area contributed by atoms with Crippen LogP contribution >= 0.6 is 11.8 Å². The summed E-state index contributed by atoms with van der Waals surface area (Å²) in [6, 6.07) is 11.6. The van der Waals surface area contributed by atoms with Gasteiger partial charge in [0.15, 0.2) is 0 Å². The minimum atomic E-state index is -0.454. The van der Waals surface area contributed by atoms with E-state index in [2.05, 4.69) is 19.2 Å². The Morgan fingerprint density at radius 1 is 1.13 bits per heavy atom. The second-order valence-electron chi connectivity index (χ2n) is 7.55. The van der Waals surface area contributed by atoms with Crippen molar-refractivity contribution in [2.24, 2.45) is 5.92 Å². The molecule has 0 unspecified atom stereocenters. The number of benzene rings is 2. The predicted octanol–water partition coefficient (Wildman–Crippen LogP) is 4.36. The minimum Gasteiger partial charge on any atom is -0.348 e. The molecule has 1 N–H and O–H groups in total. The van der Waals surface area contributed by atoms with Crippen LogP contribution < -0.4 is 5.32 Å². The molecule has 2 rings (SSSR count). The van der Waals surface area contributed by atoms with Crippen molar-refractivity contribution < 1.29 is 14.5 Å². The molecule has 0 saturated carbocycles. The summed E-state index contributed by atoms with van der Waals surface area (Å²) in [5.74, 6) is 0.783. The molecule has 0 spiro atoms. The Bertz CT molecular complexity index is 928. The Balaban J connectivity index is 2.08. The zero-order chi connectivity index (χ0) is 22.3. The van der Waals surface area contributed by atoms with E-state index in [9.17, 15) is 19.7 Å². The largest absolute Gasteiger partial charge is 0.348 e. The normalized spacial score (nSPS) is 10.7. The van der Waals surface area contributed by atoms with Crippen LogP contribution in [-0.4, -0.2) is 41.5 Å². The summed E-state index contributed by atoms with van der Waals surface area (Å²) in [6.07, 6.45) is 0.958. The van der Waals surface area contributed by atoms with Gasteiger partial charge in [0.1, 0.15) is 0 Å². The fourth-order valence-corrected chi connectivity index (χ4v) is 3.94. The van der Waals surface area contributed by atoms with Gasteiger partial charge in [-0.2, -0.15) is 0 Å². The average molecular weight is 430 g/mol. The van der Waals surface area contributed by atoms with Gasteiger partial charge in [-0.3, -0.25) is 19.7 Å². The lowest BCUT2D eigenvalue weighted by Gasteiger charge is -2.12. The van der Waals surface area contributed by atoms with Crippen molar-refractivity contribution in [3.8, 4) is 0 Å². The van der Waals surface area contributed by atoms with Crippen LogP contribution in [0.2, 0.25) is 0 Å². The highest BCUT2D eigenvalue weighted by Gasteiger charge is 2.18. The SMILES string of the molecule is CC(C)CCSc1ccc(C(=O)NCc2cccc(C(=O)N(C)C)c2)cc1[N+](=O)[O-]. The van der Waals surface area contributed by atoms with Gasteiger partial charge >= 0.3 is 0 Å². The van der Waals surface area contributed by atoms with Crippen LogP contribution in [0.4, 0.5) is 5.69 Å². The lowest BCUT2D eigenvalue weighted by Crippen LogP contribution is -2.24. The number of carbonyl (C=O) groups is 2. The van der Waals surface area contributed by atoms with Gasteiger partial charge in [0.2, 0.25) is 0 Å². The molecular weight excluding hydrogens is 402 g/mol. The van der Waals surface area contributed by atoms with E-state index in [1.165, 1.54) is 22.7 Å². The van der Waals surface area contributed by atoms with E-state index in [1.807, 2.05) is 6.07 Å². The van der Waals surface area contributed by atoms with Crippen molar-refractivity contribution in [1.82, 2.24) is 10.2 Å². The molecule has 30 heavy (non-hydrogen) atoms. The smallest absolute Gasteiger partial charge is 0.283 e. The summed E-state index contributed by atoms with van der Waals surface area (Å²) in [5, 5.41) is 14.2. The molecule has 0 bridgehead atoms. The van der Waals surface area contributed by atoms with Gasteiger partial charge in [-0.05, 0) is 47.9 Å². The zero-order valence-electron chi connectivity index (χ0n) is 17.7. The van der Waals surface area contributed by atoms with E-state index in [1.54, 1.807) is 44.4 Å². The van der Waals surface area contributed by atoms with Crippen LogP contribution in [0.1, 0.15) is 46.5 Å². The Labute approximate surface area is 181 Å². The van der Waals surface area contributed by atoms with Gasteiger partial charge in [-0.1, -0.05) is 26.0 Å². The van der Waals surface area contributed by atoms with Crippen LogP contribution in [0.15, 0.2) is 47.4 Å². The standard InChI is InChI=1S/C22H27N3O4S/c1-15(2)10-11-30-20-9-8-17(13-19(20)25(28)29)21(26)23-14-16-6-5-7-18(12-16)22(27)24(3)4/h5-9,12-13,15H,10-11,14H2,1-4H3,(H,23,26). The number of nitrogens with zero attached hydrogens (tertiary/aromatic N) is 2. The zero-order valence-corrected chi connectivity index (χ0v) is 18.5. The molecule has 0 aromatic heterocycles. The maximum Gasteiger partial charge on any atom is 0.283 e. The summed E-state index contributed by atoms with van der Waals surface area (Å²) >= 11 is 1.43. The van der Waals surface area contributed by atoms with Gasteiger partial charge < -0.3 is 10.2 Å². The van der Waals surface area contributed by atoms with Gasteiger partial charge in [0, 0.05) is 37.8 Å². The maximum atomic E-state index is 12.5. The first-order valence-electron chi connectivity index (χ1n) is 9.69. The molecule has 0 aliphatic rings. The number of carbonyl (C=O) groups excluding carboxylic acids is 2. The van der Waals surface area contributed by atoms with E-state index >= 15 is 0 Å². The van der Waals surface area contributed by atoms with Crippen molar-refractivity contribution in [1.29, 1.82) is 0 Å². The summed E-state index contributed by atoms with van der Waals surface area (Å²) in [7, 11) is 3.35. The monoisotopic (exact) mass is 429 g/mol. The van der Waals surface area contributed by atoms with Gasteiger partial charge in [0.25, 0.3) is 17.5 Å². The molecule has 0 aliphatic carbocycles. The van der Waals surface area contributed by atoms with Crippen molar-refractivity contribution in [3.63, 3.8) is 0 Å². The topological polar surface area (TPSA) is 92.6 Å². The van der Waals surface area contributed by atoms with Crippen LogP contribution in [0.25, 0.3) is 0 Å². The van der Waals surface area contributed by atoms with E-state index in [0.29, 0.717) is 16.4 Å². The number of nitro benzene ring substituents is 1. The van der Waals surface area contributed by atoms with Crippen molar-refractivity contribution >= 4 is 29.3 Å². The molecule has 2 amide bonds. The van der Waals surface area contributed by atoms with Crippen LogP contribution in [-0.2, 0) is 6.54 Å². The third-order valence-corrected chi connectivity index (χ3v) is 5.50. The van der Waals surface area contributed by atoms with E-state index < -0.39 is 10.8 Å². The molecule has 0 atom stereocenters. The first kappa shape index (κ1) is 23.4. The van der Waals surface area contributed by atoms with Gasteiger partial charge in [-0.25, -0.2) is 0 Å². The molecule has 0 fully saturated rings. The quantitative estimate of drug-likeness (QED) is 0.363. The van der Waals surface area contributed by atoms with Crippen molar-refractivity contribution in [2.45, 2.75) is 31.7 Å². The molecule has 8 heteroatoms. The molecule has 2 aromatic carbocycles. The van der Waals surface area contributed by atoms with Crippen molar-refractivity contribution in [2.75, 3.05) is 19.8 Å². The van der Waals surface area contributed by atoms with Gasteiger partial charge in [0.05, 0.1) is 9.82 Å². The molecule has 160 valence electrons. The lowest BCUT2D eigenvalue weighted by atomic mass is 10.1. The molecule has 7 nitrogen and oxygen atoms in total. The molecule has 0 radical (unpaired) electrons. The molecule has 0 heterocycles. The first-order valence-corrected chi connectivity index (χ1v) is 10.7. The number of thioether (sulfide) groups is 1. The number of nitrogens with one attached hydrogen (secondary N) is 1. The summed E-state index contributed by atoms with van der Waals surface area (Å²) in [4.78, 5) is 37.6. The van der Waals surface area contributed by atoms with E-state index in [-0.39, 0.29) is 23.7 Å². The number of amides is 2. The second-order valence-corrected chi connectivity index (χ2v) is 8.69. The first-order chi connectivity index (χ1) is 14.2. The van der Waals surface area contributed by atoms with Crippen LogP contribution in [0, 0.1) is 16.0 Å². The fourth-order valence-electron chi connectivity index (χ4n) is 2.68. The van der Waals surface area contributed by atoms with Crippen LogP contribution in [0.3, 0.4) is 0 Å². The molecule has 0 aliphatic heterocycles. The number of hydrogen-bond acceptors (Lipinski definition) is 5. The highest BCUT2D eigenvalue weighted by atomic mass is 32.2. The molecule has 0 saturated heterocycles. The van der Waals surface area contributed by atoms with Crippen molar-refractivity contribution in [3.05, 3.63) is 69.3 Å². The maximum absolute atomic E-state index is 12.5.